The molecule has 1 heterocycles. The summed E-state index contributed by atoms with van der Waals surface area (Å²) >= 11 is 0. The van der Waals surface area contributed by atoms with Gasteiger partial charge in [-0.1, -0.05) is 18.2 Å². The number of aryl methyl sites for hydroxylation is 1. The molecule has 0 fully saturated rings. The van der Waals surface area contributed by atoms with Crippen LogP contribution in [-0.2, 0) is 11.8 Å². The van der Waals surface area contributed by atoms with Gasteiger partial charge in [0.2, 0.25) is 11.5 Å². The van der Waals surface area contributed by atoms with Crippen LogP contribution in [0.4, 0.5) is 10.5 Å². The van der Waals surface area contributed by atoms with Gasteiger partial charge in [-0.05, 0) is 36.4 Å². The Hall–Kier alpha value is -4.07. The lowest BCUT2D eigenvalue weighted by Crippen LogP contribution is -2.31. The number of nitrogens with one attached hydrogen (secondary N) is 2. The van der Waals surface area contributed by atoms with Crippen LogP contribution >= 0.6 is 0 Å². The number of hydrogen-bond acceptors (Lipinski definition) is 4. The van der Waals surface area contributed by atoms with Crippen LogP contribution in [0.3, 0.4) is 0 Å². The highest BCUT2D eigenvalue weighted by atomic mass is 16.5. The first-order valence-electron chi connectivity index (χ1n) is 8.73. The predicted octanol–water partition coefficient (Wildman–Crippen LogP) is 3.05. The zero-order valence-electron chi connectivity index (χ0n) is 15.6. The number of pyridine rings is 1. The lowest BCUT2D eigenvalue weighted by molar-refractivity contribution is -0.115. The van der Waals surface area contributed by atoms with E-state index in [1.807, 2.05) is 35.6 Å². The Morgan fingerprint density at radius 2 is 1.83 bits per heavy atom. The van der Waals surface area contributed by atoms with Crippen LogP contribution in [-0.4, -0.2) is 28.2 Å². The van der Waals surface area contributed by atoms with Gasteiger partial charge in [0.25, 0.3) is 0 Å². The smallest absolute Gasteiger partial charge is 0.405 e. The van der Waals surface area contributed by atoms with Crippen molar-refractivity contribution in [1.29, 1.82) is 0 Å². The van der Waals surface area contributed by atoms with Gasteiger partial charge in [-0.2, -0.15) is 0 Å². The fraction of sp³-hybridized carbons (Fsp3) is 0.0952. The number of anilines is 1. The van der Waals surface area contributed by atoms with Crippen molar-refractivity contribution in [2.75, 3.05) is 11.9 Å². The number of aromatic nitrogens is 1. The highest BCUT2D eigenvalue weighted by Crippen LogP contribution is 2.35. The molecule has 0 saturated carbocycles. The van der Waals surface area contributed by atoms with Gasteiger partial charge in [-0.25, -0.2) is 4.79 Å². The van der Waals surface area contributed by atoms with Crippen molar-refractivity contribution >= 4 is 17.7 Å². The molecule has 8 heteroatoms. The minimum atomic E-state index is -1.28. The molecule has 3 rings (SSSR count). The Kier molecular flexibility index (Phi) is 5.94. The first-order valence-corrected chi connectivity index (χ1v) is 8.73. The van der Waals surface area contributed by atoms with Gasteiger partial charge in [-0.15, -0.1) is 0 Å². The quantitative estimate of drug-likeness (QED) is 0.596. The standard InChI is InChI=1S/C21H19N3O5/c1-24-13-14(7-10-20(24)26)17-11-15(23-19(25)12-22-21(27)28)8-9-18(17)29-16-5-3-2-4-6-16/h2-11,13,22H,12H2,1H3,(H,23,25)(H,27,28). The molecule has 148 valence electrons. The Labute approximate surface area is 166 Å². The third-order valence-electron chi connectivity index (χ3n) is 4.03. The number of amides is 2. The van der Waals surface area contributed by atoms with Crippen LogP contribution in [0.15, 0.2) is 71.7 Å². The Balaban J connectivity index is 1.95. The fourth-order valence-corrected chi connectivity index (χ4v) is 2.65. The second-order valence-electron chi connectivity index (χ2n) is 6.20. The Bertz CT molecular complexity index is 1090. The number of rotatable bonds is 6. The number of carbonyl (C=O) groups excluding carboxylic acids is 1. The molecule has 0 spiro atoms. The van der Waals surface area contributed by atoms with Crippen molar-refractivity contribution in [2.45, 2.75) is 0 Å². The summed E-state index contributed by atoms with van der Waals surface area (Å²) in [4.78, 5) is 34.2. The topological polar surface area (TPSA) is 110 Å². The number of hydrogen-bond donors (Lipinski definition) is 3. The SMILES string of the molecule is Cn1cc(-c2cc(NC(=O)CNC(=O)O)ccc2Oc2ccccc2)ccc1=O. The molecular formula is C21H19N3O5. The molecule has 0 aliphatic heterocycles. The summed E-state index contributed by atoms with van der Waals surface area (Å²) in [7, 11) is 1.65. The molecule has 0 aliphatic rings. The van der Waals surface area contributed by atoms with Crippen molar-refractivity contribution in [3.05, 3.63) is 77.2 Å². The van der Waals surface area contributed by atoms with E-state index in [0.29, 0.717) is 22.7 Å². The number of nitrogens with zero attached hydrogens (tertiary/aromatic N) is 1. The summed E-state index contributed by atoms with van der Waals surface area (Å²) in [5.41, 5.74) is 1.70. The molecule has 0 aliphatic carbocycles. The number of ether oxygens (including phenoxy) is 1. The maximum absolute atomic E-state index is 11.9. The van der Waals surface area contributed by atoms with Gasteiger partial charge in [0.05, 0.1) is 0 Å². The normalized spacial score (nSPS) is 10.2. The zero-order valence-corrected chi connectivity index (χ0v) is 15.6. The van der Waals surface area contributed by atoms with E-state index in [1.165, 1.54) is 10.6 Å². The molecule has 2 amide bonds. The van der Waals surface area contributed by atoms with Gasteiger partial charge >= 0.3 is 6.09 Å². The first kappa shape index (κ1) is 19.7. The molecule has 0 atom stereocenters. The molecule has 1 aromatic heterocycles. The van der Waals surface area contributed by atoms with E-state index >= 15 is 0 Å². The Morgan fingerprint density at radius 1 is 1.07 bits per heavy atom. The summed E-state index contributed by atoms with van der Waals surface area (Å²) in [5.74, 6) is 0.674. The van der Waals surface area contributed by atoms with Gasteiger partial charge in [-0.3, -0.25) is 9.59 Å². The lowest BCUT2D eigenvalue weighted by Gasteiger charge is -2.14. The monoisotopic (exact) mass is 393 g/mol. The van der Waals surface area contributed by atoms with Crippen LogP contribution in [0.5, 0.6) is 11.5 Å². The van der Waals surface area contributed by atoms with E-state index in [2.05, 4.69) is 5.32 Å². The van der Waals surface area contributed by atoms with E-state index in [-0.39, 0.29) is 12.1 Å². The van der Waals surface area contributed by atoms with Crippen LogP contribution < -0.4 is 20.9 Å². The third-order valence-corrected chi connectivity index (χ3v) is 4.03. The van der Waals surface area contributed by atoms with Crippen molar-refractivity contribution in [3.63, 3.8) is 0 Å². The molecule has 3 N–H and O–H groups in total. The van der Waals surface area contributed by atoms with Gasteiger partial charge in [0.1, 0.15) is 18.0 Å². The summed E-state index contributed by atoms with van der Waals surface area (Å²) in [6, 6.07) is 17.4. The summed E-state index contributed by atoms with van der Waals surface area (Å²) in [5, 5.41) is 13.3. The average Bonchev–Trinajstić information content (AvgIpc) is 2.70. The number of carboxylic acid groups (broad SMARTS) is 1. The lowest BCUT2D eigenvalue weighted by atomic mass is 10.1. The molecule has 8 nitrogen and oxygen atoms in total. The molecule has 0 saturated heterocycles. The number of benzene rings is 2. The van der Waals surface area contributed by atoms with E-state index in [4.69, 9.17) is 9.84 Å². The Morgan fingerprint density at radius 3 is 2.52 bits per heavy atom. The molecule has 29 heavy (non-hydrogen) atoms. The van der Waals surface area contributed by atoms with Gasteiger partial charge in [0, 0.05) is 36.1 Å². The van der Waals surface area contributed by atoms with E-state index in [0.717, 1.165) is 5.56 Å². The van der Waals surface area contributed by atoms with E-state index < -0.39 is 12.0 Å². The minimum Gasteiger partial charge on any atom is -0.465 e. The predicted molar refractivity (Wildman–Crippen MR) is 108 cm³/mol. The van der Waals surface area contributed by atoms with Crippen molar-refractivity contribution in [3.8, 4) is 22.6 Å². The van der Waals surface area contributed by atoms with Crippen LogP contribution in [0.2, 0.25) is 0 Å². The maximum Gasteiger partial charge on any atom is 0.405 e. The van der Waals surface area contributed by atoms with Gasteiger partial charge < -0.3 is 25.0 Å². The molecule has 0 unspecified atom stereocenters. The van der Waals surface area contributed by atoms with Crippen LogP contribution in [0.1, 0.15) is 0 Å². The van der Waals surface area contributed by atoms with Crippen molar-refractivity contribution in [1.82, 2.24) is 9.88 Å². The highest BCUT2D eigenvalue weighted by molar-refractivity contribution is 5.94. The second-order valence-corrected chi connectivity index (χ2v) is 6.20. The molecule has 0 radical (unpaired) electrons. The van der Waals surface area contributed by atoms with Crippen LogP contribution in [0, 0.1) is 0 Å². The van der Waals surface area contributed by atoms with Gasteiger partial charge in [0.15, 0.2) is 0 Å². The third kappa shape index (κ3) is 5.23. The molecular weight excluding hydrogens is 374 g/mol. The van der Waals surface area contributed by atoms with Crippen LogP contribution in [0.25, 0.3) is 11.1 Å². The summed E-state index contributed by atoms with van der Waals surface area (Å²) < 4.78 is 7.43. The fourth-order valence-electron chi connectivity index (χ4n) is 2.65. The average molecular weight is 393 g/mol. The molecule has 2 aromatic carbocycles. The largest absolute Gasteiger partial charge is 0.465 e. The van der Waals surface area contributed by atoms with E-state index in [1.54, 1.807) is 37.5 Å². The molecule has 3 aromatic rings. The highest BCUT2D eigenvalue weighted by Gasteiger charge is 2.12. The molecule has 0 bridgehead atoms. The summed E-state index contributed by atoms with van der Waals surface area (Å²) in [6.45, 7) is -0.368. The van der Waals surface area contributed by atoms with Crippen molar-refractivity contribution in [2.24, 2.45) is 7.05 Å². The number of carbonyl (C=O) groups is 2. The summed E-state index contributed by atoms with van der Waals surface area (Å²) in [6.07, 6.45) is 0.394. The first-order chi connectivity index (χ1) is 13.9. The second kappa shape index (κ2) is 8.75. The zero-order chi connectivity index (χ0) is 20.8. The minimum absolute atomic E-state index is 0.150. The van der Waals surface area contributed by atoms with Crippen molar-refractivity contribution < 1.29 is 19.4 Å². The maximum atomic E-state index is 11.9. The van der Waals surface area contributed by atoms with E-state index in [9.17, 15) is 14.4 Å². The number of para-hydroxylation sites is 1.